The van der Waals surface area contributed by atoms with Crippen LogP contribution in [-0.2, 0) is 32.9 Å². The topological polar surface area (TPSA) is 115 Å². The van der Waals surface area contributed by atoms with E-state index in [1.165, 1.54) is 31.3 Å². The highest BCUT2D eigenvalue weighted by molar-refractivity contribution is 7.88. The van der Waals surface area contributed by atoms with Gasteiger partial charge in [0.25, 0.3) is 5.89 Å². The van der Waals surface area contributed by atoms with Gasteiger partial charge in [-0.3, -0.25) is 4.31 Å². The maximum atomic E-state index is 13.9. The molecule has 0 unspecified atom stereocenters. The molecule has 0 radical (unpaired) electrons. The van der Waals surface area contributed by atoms with Gasteiger partial charge in [-0.2, -0.15) is 13.4 Å². The van der Waals surface area contributed by atoms with E-state index in [0.717, 1.165) is 9.87 Å². The summed E-state index contributed by atoms with van der Waals surface area (Å²) in [5.41, 5.74) is 0.844. The maximum Gasteiger partial charge on any atom is 0.344 e. The quantitative estimate of drug-likeness (QED) is 0.524. The van der Waals surface area contributed by atoms with Crippen molar-refractivity contribution in [3.63, 3.8) is 0 Å². The second kappa shape index (κ2) is 8.71. The van der Waals surface area contributed by atoms with E-state index in [-0.39, 0.29) is 41.7 Å². The Kier molecular flexibility index (Phi) is 5.82. The number of nitrogens with zero attached hydrogens (tertiary/aromatic N) is 4. The molecule has 0 bridgehead atoms. The molecular weight excluding hydrogens is 439 g/mol. The molecule has 1 aromatic heterocycles. The third-order valence-electron chi connectivity index (χ3n) is 4.52. The van der Waals surface area contributed by atoms with Crippen molar-refractivity contribution in [2.45, 2.75) is 20.1 Å². The Hall–Kier alpha value is -3.86. The summed E-state index contributed by atoms with van der Waals surface area (Å²) in [6.45, 7) is 1.02. The van der Waals surface area contributed by atoms with Crippen LogP contribution in [0.3, 0.4) is 0 Å². The molecule has 0 spiro atoms. The van der Waals surface area contributed by atoms with Gasteiger partial charge in [0, 0.05) is 6.20 Å². The van der Waals surface area contributed by atoms with Crippen LogP contribution in [0.4, 0.5) is 4.39 Å². The van der Waals surface area contributed by atoms with Crippen molar-refractivity contribution in [3.05, 3.63) is 83.6 Å². The molecule has 2 aromatic carbocycles. The van der Waals surface area contributed by atoms with E-state index in [1.54, 1.807) is 30.3 Å². The van der Waals surface area contributed by atoms with Crippen LogP contribution < -0.4 is 0 Å². The first-order valence-electron chi connectivity index (χ1n) is 9.42. The summed E-state index contributed by atoms with van der Waals surface area (Å²) >= 11 is 0. The number of hydrogen-bond acceptors (Lipinski definition) is 7. The molecule has 2 heterocycles. The van der Waals surface area contributed by atoms with Crippen molar-refractivity contribution in [3.8, 4) is 11.4 Å². The van der Waals surface area contributed by atoms with Crippen LogP contribution in [0.15, 0.2) is 75.3 Å². The van der Waals surface area contributed by atoms with Crippen LogP contribution in [0.5, 0.6) is 0 Å². The highest BCUT2D eigenvalue weighted by Gasteiger charge is 2.29. The summed E-state index contributed by atoms with van der Waals surface area (Å²) < 4.78 is 53.5. The first-order valence-corrected chi connectivity index (χ1v) is 10.8. The molecule has 11 heteroatoms. The van der Waals surface area contributed by atoms with Gasteiger partial charge in [-0.15, -0.1) is 4.40 Å². The van der Waals surface area contributed by atoms with Gasteiger partial charge in [0.1, 0.15) is 5.82 Å². The highest BCUT2D eigenvalue weighted by atomic mass is 32.2. The molecule has 9 nitrogen and oxygen atoms in total. The monoisotopic (exact) mass is 456 g/mol. The van der Waals surface area contributed by atoms with Gasteiger partial charge in [-0.1, -0.05) is 47.6 Å². The standard InChI is InChI=1S/C21H17FN4O5S/c1-14-17(12-26(32(28,29)25-14)11-15-7-3-2-4-8-15)21(27)30-13-19-23-20(24-31-19)16-9-5-6-10-18(16)22/h2-10,12H,11,13H2,1H3. The van der Waals surface area contributed by atoms with Crippen molar-refractivity contribution in [1.29, 1.82) is 0 Å². The third-order valence-corrected chi connectivity index (χ3v) is 5.85. The number of ether oxygens (including phenoxy) is 1. The lowest BCUT2D eigenvalue weighted by Crippen LogP contribution is -2.31. The molecule has 0 amide bonds. The Morgan fingerprint density at radius 1 is 1.12 bits per heavy atom. The van der Waals surface area contributed by atoms with Crippen LogP contribution >= 0.6 is 0 Å². The Balaban J connectivity index is 1.48. The molecule has 0 aliphatic carbocycles. The van der Waals surface area contributed by atoms with Gasteiger partial charge in [-0.05, 0) is 24.6 Å². The second-order valence-corrected chi connectivity index (χ2v) is 8.34. The summed E-state index contributed by atoms with van der Waals surface area (Å²) in [6, 6.07) is 14.8. The minimum absolute atomic E-state index is 0.00288. The number of halogens is 1. The van der Waals surface area contributed by atoms with Crippen molar-refractivity contribution in [2.24, 2.45) is 4.40 Å². The fourth-order valence-corrected chi connectivity index (χ4v) is 4.04. The first kappa shape index (κ1) is 21.4. The number of carbonyl (C=O) groups is 1. The van der Waals surface area contributed by atoms with Gasteiger partial charge < -0.3 is 9.26 Å². The average molecular weight is 456 g/mol. The average Bonchev–Trinajstić information content (AvgIpc) is 3.23. The lowest BCUT2D eigenvalue weighted by molar-refractivity contribution is -0.140. The van der Waals surface area contributed by atoms with Gasteiger partial charge in [0.05, 0.1) is 23.4 Å². The van der Waals surface area contributed by atoms with E-state index in [4.69, 9.17) is 9.26 Å². The molecule has 0 N–H and O–H groups in total. The van der Waals surface area contributed by atoms with Crippen molar-refractivity contribution in [1.82, 2.24) is 14.4 Å². The van der Waals surface area contributed by atoms with E-state index in [0.29, 0.717) is 0 Å². The Morgan fingerprint density at radius 3 is 2.59 bits per heavy atom. The van der Waals surface area contributed by atoms with E-state index >= 15 is 0 Å². The van der Waals surface area contributed by atoms with Crippen LogP contribution in [0, 0.1) is 5.82 Å². The largest absolute Gasteiger partial charge is 0.452 e. The fraction of sp³-hybridized carbons (Fsp3) is 0.143. The van der Waals surface area contributed by atoms with Gasteiger partial charge in [-0.25, -0.2) is 9.18 Å². The SMILES string of the molecule is CC1=NS(=O)(=O)N(Cc2ccccc2)C=C1C(=O)OCc1nc(-c2ccccc2F)no1. The predicted octanol–water partition coefficient (Wildman–Crippen LogP) is 3.02. The zero-order valence-electron chi connectivity index (χ0n) is 16.8. The summed E-state index contributed by atoms with van der Waals surface area (Å²) in [6.07, 6.45) is 1.19. The summed E-state index contributed by atoms with van der Waals surface area (Å²) in [4.78, 5) is 16.6. The third kappa shape index (κ3) is 4.57. The maximum absolute atomic E-state index is 13.9. The molecule has 0 atom stereocenters. The van der Waals surface area contributed by atoms with E-state index in [2.05, 4.69) is 14.5 Å². The highest BCUT2D eigenvalue weighted by Crippen LogP contribution is 2.22. The smallest absolute Gasteiger partial charge is 0.344 e. The molecule has 0 saturated carbocycles. The minimum Gasteiger partial charge on any atom is -0.452 e. The number of aromatic nitrogens is 2. The first-order chi connectivity index (χ1) is 15.3. The van der Waals surface area contributed by atoms with Gasteiger partial charge in [0.15, 0.2) is 6.61 Å². The molecule has 1 aliphatic heterocycles. The lowest BCUT2D eigenvalue weighted by atomic mass is 10.2. The van der Waals surface area contributed by atoms with Crippen molar-refractivity contribution < 1.29 is 26.9 Å². The second-order valence-electron chi connectivity index (χ2n) is 6.80. The zero-order valence-corrected chi connectivity index (χ0v) is 17.6. The number of benzene rings is 2. The zero-order chi connectivity index (χ0) is 22.7. The number of hydrogen-bond donors (Lipinski definition) is 0. The summed E-state index contributed by atoms with van der Waals surface area (Å²) in [7, 11) is -3.98. The minimum atomic E-state index is -3.98. The molecular formula is C21H17FN4O5S. The van der Waals surface area contributed by atoms with Crippen LogP contribution in [0.1, 0.15) is 18.4 Å². The molecule has 0 fully saturated rings. The Bertz CT molecular complexity index is 1320. The molecule has 32 heavy (non-hydrogen) atoms. The Labute approximate surface area is 183 Å². The lowest BCUT2D eigenvalue weighted by Gasteiger charge is -2.23. The van der Waals surface area contributed by atoms with Crippen LogP contribution in [-0.4, -0.2) is 34.5 Å². The summed E-state index contributed by atoms with van der Waals surface area (Å²) in [5, 5.41) is 3.69. The van der Waals surface area contributed by atoms with Crippen molar-refractivity contribution in [2.75, 3.05) is 0 Å². The molecule has 0 saturated heterocycles. The molecule has 3 aromatic rings. The fourth-order valence-electron chi connectivity index (χ4n) is 2.94. The number of carbonyl (C=O) groups excluding carboxylic acids is 1. The van der Waals surface area contributed by atoms with Crippen LogP contribution in [0.2, 0.25) is 0 Å². The predicted molar refractivity (Wildman–Crippen MR) is 112 cm³/mol. The van der Waals surface area contributed by atoms with Crippen molar-refractivity contribution >= 4 is 21.9 Å². The molecule has 164 valence electrons. The molecule has 1 aliphatic rings. The van der Waals surface area contributed by atoms with E-state index in [9.17, 15) is 17.6 Å². The van der Waals surface area contributed by atoms with E-state index in [1.807, 2.05) is 6.07 Å². The van der Waals surface area contributed by atoms with Gasteiger partial charge >= 0.3 is 16.2 Å². The summed E-state index contributed by atoms with van der Waals surface area (Å²) in [5.74, 6) is -1.36. The van der Waals surface area contributed by atoms with Crippen LogP contribution in [0.25, 0.3) is 11.4 Å². The normalized spacial score (nSPS) is 15.1. The number of esters is 1. The van der Waals surface area contributed by atoms with Gasteiger partial charge in [0.2, 0.25) is 5.82 Å². The van der Waals surface area contributed by atoms with E-state index < -0.39 is 22.0 Å². The number of rotatable bonds is 6. The molecule has 4 rings (SSSR count). The Morgan fingerprint density at radius 2 is 1.84 bits per heavy atom.